The fourth-order valence-corrected chi connectivity index (χ4v) is 4.34. The molecular weight excluding hydrogens is 296 g/mol. The van der Waals surface area contributed by atoms with E-state index in [-0.39, 0.29) is 9.88 Å². The summed E-state index contributed by atoms with van der Waals surface area (Å²) in [5, 5.41) is 6.16. The largest absolute Gasteiger partial charge is 0.392 e. The van der Waals surface area contributed by atoms with Gasteiger partial charge in [0, 0.05) is 6.20 Å². The van der Waals surface area contributed by atoms with Crippen molar-refractivity contribution >= 4 is 27.2 Å². The SMILES string of the molecule is CCC1CCC(NS(=O)(=O)c2cn[nH]c2)(C(N)=S)CC1. The first-order valence-electron chi connectivity index (χ1n) is 6.72. The Kier molecular flexibility index (Phi) is 4.46. The van der Waals surface area contributed by atoms with Crippen LogP contribution in [-0.4, -0.2) is 29.1 Å². The highest BCUT2D eigenvalue weighted by Crippen LogP contribution is 2.35. The topological polar surface area (TPSA) is 101 Å². The summed E-state index contributed by atoms with van der Waals surface area (Å²) in [5.74, 6) is 0.621. The summed E-state index contributed by atoms with van der Waals surface area (Å²) >= 11 is 5.13. The molecule has 1 fully saturated rings. The molecule has 0 spiro atoms. The van der Waals surface area contributed by atoms with Crippen LogP contribution in [0.5, 0.6) is 0 Å². The Labute approximate surface area is 124 Å². The van der Waals surface area contributed by atoms with Crippen LogP contribution in [-0.2, 0) is 10.0 Å². The molecule has 1 aromatic heterocycles. The maximum absolute atomic E-state index is 12.3. The molecular formula is C12H20N4O2S2. The van der Waals surface area contributed by atoms with Crippen molar-refractivity contribution in [2.24, 2.45) is 11.7 Å². The van der Waals surface area contributed by atoms with Gasteiger partial charge < -0.3 is 5.73 Å². The zero-order valence-electron chi connectivity index (χ0n) is 11.4. The van der Waals surface area contributed by atoms with Gasteiger partial charge in [-0.1, -0.05) is 25.6 Å². The van der Waals surface area contributed by atoms with Gasteiger partial charge in [0.05, 0.1) is 16.7 Å². The molecule has 0 bridgehead atoms. The third-order valence-corrected chi connectivity index (χ3v) is 6.01. The number of rotatable bonds is 5. The first kappa shape index (κ1) is 15.4. The average molecular weight is 316 g/mol. The van der Waals surface area contributed by atoms with E-state index in [4.69, 9.17) is 18.0 Å². The van der Waals surface area contributed by atoms with Gasteiger partial charge in [-0.15, -0.1) is 0 Å². The van der Waals surface area contributed by atoms with Gasteiger partial charge in [-0.25, -0.2) is 8.42 Å². The molecule has 4 N–H and O–H groups in total. The number of nitrogens with one attached hydrogen (secondary N) is 2. The summed E-state index contributed by atoms with van der Waals surface area (Å²) in [6.07, 6.45) is 6.88. The third-order valence-electron chi connectivity index (χ3n) is 4.12. The van der Waals surface area contributed by atoms with E-state index in [1.165, 1.54) is 12.4 Å². The van der Waals surface area contributed by atoms with Crippen molar-refractivity contribution in [3.05, 3.63) is 12.4 Å². The minimum absolute atomic E-state index is 0.103. The summed E-state index contributed by atoms with van der Waals surface area (Å²) in [4.78, 5) is 0.324. The number of sulfonamides is 1. The van der Waals surface area contributed by atoms with Gasteiger partial charge in [-0.05, 0) is 31.6 Å². The van der Waals surface area contributed by atoms with Crippen molar-refractivity contribution in [3.8, 4) is 0 Å². The summed E-state index contributed by atoms with van der Waals surface area (Å²) in [6.45, 7) is 2.15. The normalized spacial score (nSPS) is 27.4. The Bertz CT molecular complexity index is 560. The Morgan fingerprint density at radius 1 is 1.60 bits per heavy atom. The monoisotopic (exact) mass is 316 g/mol. The molecule has 0 saturated heterocycles. The Hall–Kier alpha value is -0.990. The lowest BCUT2D eigenvalue weighted by Crippen LogP contribution is -2.58. The lowest BCUT2D eigenvalue weighted by atomic mass is 9.76. The molecule has 0 aromatic carbocycles. The zero-order valence-corrected chi connectivity index (χ0v) is 13.1. The first-order valence-corrected chi connectivity index (χ1v) is 8.61. The second-order valence-electron chi connectivity index (χ2n) is 5.34. The van der Waals surface area contributed by atoms with Gasteiger partial charge in [0.25, 0.3) is 0 Å². The second kappa shape index (κ2) is 5.79. The molecule has 0 amide bonds. The van der Waals surface area contributed by atoms with Crippen molar-refractivity contribution in [2.45, 2.75) is 49.5 Å². The average Bonchev–Trinajstić information content (AvgIpc) is 2.93. The van der Waals surface area contributed by atoms with Crippen molar-refractivity contribution in [1.82, 2.24) is 14.9 Å². The van der Waals surface area contributed by atoms with Gasteiger partial charge >= 0.3 is 0 Å². The summed E-state index contributed by atoms with van der Waals surface area (Å²) in [7, 11) is -3.66. The molecule has 6 nitrogen and oxygen atoms in total. The van der Waals surface area contributed by atoms with Gasteiger partial charge in [0.15, 0.2) is 0 Å². The highest BCUT2D eigenvalue weighted by Gasteiger charge is 2.41. The van der Waals surface area contributed by atoms with Crippen LogP contribution in [0.15, 0.2) is 17.3 Å². The quantitative estimate of drug-likeness (QED) is 0.711. The number of aromatic amines is 1. The van der Waals surface area contributed by atoms with Crippen LogP contribution in [0.4, 0.5) is 0 Å². The predicted molar refractivity (Wildman–Crippen MR) is 80.7 cm³/mol. The zero-order chi connectivity index (χ0) is 14.8. The van der Waals surface area contributed by atoms with E-state index in [0.29, 0.717) is 18.8 Å². The molecule has 8 heteroatoms. The van der Waals surface area contributed by atoms with Crippen LogP contribution < -0.4 is 10.5 Å². The lowest BCUT2D eigenvalue weighted by Gasteiger charge is -2.39. The van der Waals surface area contributed by atoms with E-state index in [9.17, 15) is 8.42 Å². The maximum atomic E-state index is 12.3. The van der Waals surface area contributed by atoms with E-state index in [2.05, 4.69) is 21.8 Å². The Morgan fingerprint density at radius 2 is 2.25 bits per heavy atom. The van der Waals surface area contributed by atoms with Crippen molar-refractivity contribution in [3.63, 3.8) is 0 Å². The number of hydrogen-bond acceptors (Lipinski definition) is 4. The molecule has 1 aliphatic carbocycles. The Morgan fingerprint density at radius 3 is 2.70 bits per heavy atom. The van der Waals surface area contributed by atoms with E-state index in [0.717, 1.165) is 19.3 Å². The predicted octanol–water partition coefficient (Wildman–Crippen LogP) is 1.31. The van der Waals surface area contributed by atoms with Crippen LogP contribution in [0.2, 0.25) is 0 Å². The smallest absolute Gasteiger partial charge is 0.244 e. The maximum Gasteiger partial charge on any atom is 0.244 e. The number of hydrogen-bond donors (Lipinski definition) is 3. The molecule has 112 valence electrons. The van der Waals surface area contributed by atoms with Crippen molar-refractivity contribution in [1.29, 1.82) is 0 Å². The van der Waals surface area contributed by atoms with E-state index in [1.54, 1.807) is 0 Å². The van der Waals surface area contributed by atoms with E-state index < -0.39 is 15.6 Å². The van der Waals surface area contributed by atoms with Gasteiger partial charge in [-0.3, -0.25) is 5.10 Å². The number of thiocarbonyl (C=S) groups is 1. The van der Waals surface area contributed by atoms with Crippen LogP contribution in [0.25, 0.3) is 0 Å². The summed E-state index contributed by atoms with van der Waals surface area (Å²) in [6, 6.07) is 0. The molecule has 20 heavy (non-hydrogen) atoms. The van der Waals surface area contributed by atoms with E-state index in [1.807, 2.05) is 0 Å². The number of aromatic nitrogens is 2. The van der Waals surface area contributed by atoms with Crippen molar-refractivity contribution < 1.29 is 8.42 Å². The number of nitrogens with zero attached hydrogens (tertiary/aromatic N) is 1. The number of H-pyrrole nitrogens is 1. The molecule has 2 rings (SSSR count). The lowest BCUT2D eigenvalue weighted by molar-refractivity contribution is 0.269. The van der Waals surface area contributed by atoms with Crippen molar-refractivity contribution in [2.75, 3.05) is 0 Å². The number of nitrogens with two attached hydrogens (primary N) is 1. The molecule has 0 atom stereocenters. The van der Waals surface area contributed by atoms with Gasteiger partial charge in [0.1, 0.15) is 4.90 Å². The molecule has 1 saturated carbocycles. The second-order valence-corrected chi connectivity index (χ2v) is 7.46. The van der Waals surface area contributed by atoms with Gasteiger partial charge in [0.2, 0.25) is 10.0 Å². The molecule has 0 radical (unpaired) electrons. The molecule has 0 aliphatic heterocycles. The third kappa shape index (κ3) is 3.02. The molecule has 0 unspecified atom stereocenters. The fraction of sp³-hybridized carbons (Fsp3) is 0.667. The highest BCUT2D eigenvalue weighted by atomic mass is 32.2. The minimum Gasteiger partial charge on any atom is -0.392 e. The summed E-state index contributed by atoms with van der Waals surface area (Å²) < 4.78 is 27.4. The standard InChI is InChI=1S/C12H20N4O2S2/c1-2-9-3-5-12(6-4-9,11(13)19)16-20(17,18)10-7-14-15-8-10/h7-9,16H,2-6H2,1H3,(H2,13,19)(H,14,15). The van der Waals surface area contributed by atoms with Crippen LogP contribution >= 0.6 is 12.2 Å². The Balaban J connectivity index is 2.21. The van der Waals surface area contributed by atoms with Gasteiger partial charge in [-0.2, -0.15) is 9.82 Å². The van der Waals surface area contributed by atoms with E-state index >= 15 is 0 Å². The van der Waals surface area contributed by atoms with Crippen LogP contribution in [0, 0.1) is 5.92 Å². The molecule has 1 aromatic rings. The van der Waals surface area contributed by atoms with Crippen LogP contribution in [0.3, 0.4) is 0 Å². The first-order chi connectivity index (χ1) is 9.39. The molecule has 1 heterocycles. The molecule has 1 aliphatic rings. The highest BCUT2D eigenvalue weighted by molar-refractivity contribution is 7.89. The minimum atomic E-state index is -3.66. The van der Waals surface area contributed by atoms with Crippen LogP contribution in [0.1, 0.15) is 39.0 Å². The fourth-order valence-electron chi connectivity index (χ4n) is 2.68. The summed E-state index contributed by atoms with van der Waals surface area (Å²) in [5.41, 5.74) is 5.02.